The molecule has 2 aromatic carbocycles. The number of aryl methyl sites for hydroxylation is 1. The summed E-state index contributed by atoms with van der Waals surface area (Å²) in [6.07, 6.45) is 1.85. The van der Waals surface area contributed by atoms with Gasteiger partial charge in [0.15, 0.2) is 0 Å². The molecule has 0 atom stereocenters. The Morgan fingerprint density at radius 1 is 1.14 bits per heavy atom. The first-order valence-electron chi connectivity index (χ1n) is 6.99. The number of hydrogen-bond donors (Lipinski definition) is 2. The van der Waals surface area contributed by atoms with Crippen molar-refractivity contribution in [3.05, 3.63) is 65.5 Å². The van der Waals surface area contributed by atoms with Crippen LogP contribution in [-0.2, 0) is 5.54 Å². The average Bonchev–Trinajstić information content (AvgIpc) is 3.20. The number of halogens is 1. The summed E-state index contributed by atoms with van der Waals surface area (Å²) in [5, 5.41) is 5.67. The Bertz CT molecular complexity index is 663. The number of carbonyl (C=O) groups excluding carboxylic acids is 1. The first-order chi connectivity index (χ1) is 10.1. The third kappa shape index (κ3) is 3.05. The molecule has 0 radical (unpaired) electrons. The fourth-order valence-electron chi connectivity index (χ4n) is 2.43. The summed E-state index contributed by atoms with van der Waals surface area (Å²) in [5.41, 5.74) is 2.49. The third-order valence-electron chi connectivity index (χ3n) is 3.79. The van der Waals surface area contributed by atoms with Crippen LogP contribution in [0, 0.1) is 12.7 Å². The first-order valence-corrected chi connectivity index (χ1v) is 6.99. The molecule has 1 fully saturated rings. The summed E-state index contributed by atoms with van der Waals surface area (Å²) in [5.74, 6) is -0.368. The quantitative estimate of drug-likeness (QED) is 0.880. The van der Waals surface area contributed by atoms with Gasteiger partial charge in [-0.15, -0.1) is 0 Å². The molecule has 2 N–H and O–H groups in total. The number of anilines is 1. The van der Waals surface area contributed by atoms with Gasteiger partial charge < -0.3 is 10.6 Å². The zero-order chi connectivity index (χ0) is 14.9. The summed E-state index contributed by atoms with van der Waals surface area (Å²) < 4.78 is 13.1. The van der Waals surface area contributed by atoms with Crippen LogP contribution >= 0.6 is 0 Å². The molecule has 1 aliphatic carbocycles. The van der Waals surface area contributed by atoms with Crippen LogP contribution in [0.5, 0.6) is 0 Å². The molecule has 4 heteroatoms. The van der Waals surface area contributed by atoms with E-state index in [1.165, 1.54) is 17.7 Å². The molecule has 0 aromatic heterocycles. The van der Waals surface area contributed by atoms with Gasteiger partial charge in [0.1, 0.15) is 5.82 Å². The summed E-state index contributed by atoms with van der Waals surface area (Å²) in [4.78, 5) is 12.1. The van der Waals surface area contributed by atoms with E-state index in [0.29, 0.717) is 5.69 Å². The molecule has 21 heavy (non-hydrogen) atoms. The van der Waals surface area contributed by atoms with Gasteiger partial charge in [-0.25, -0.2) is 9.18 Å². The van der Waals surface area contributed by atoms with Crippen molar-refractivity contribution in [2.45, 2.75) is 25.3 Å². The minimum atomic E-state index is -0.368. The average molecular weight is 284 g/mol. The molecule has 3 nitrogen and oxygen atoms in total. The van der Waals surface area contributed by atoms with Crippen LogP contribution in [0.3, 0.4) is 0 Å². The smallest absolute Gasteiger partial charge is 0.319 e. The van der Waals surface area contributed by atoms with Gasteiger partial charge in [-0.05, 0) is 43.5 Å². The second kappa shape index (κ2) is 5.20. The van der Waals surface area contributed by atoms with Crippen LogP contribution in [0.1, 0.15) is 24.0 Å². The minimum Gasteiger partial charge on any atom is -0.328 e. The largest absolute Gasteiger partial charge is 0.328 e. The number of benzene rings is 2. The molecule has 0 heterocycles. The van der Waals surface area contributed by atoms with Gasteiger partial charge in [-0.3, -0.25) is 0 Å². The van der Waals surface area contributed by atoms with Crippen molar-refractivity contribution < 1.29 is 9.18 Å². The minimum absolute atomic E-state index is 0.273. The van der Waals surface area contributed by atoms with Gasteiger partial charge in [-0.2, -0.15) is 0 Å². The second-order valence-corrected chi connectivity index (χ2v) is 5.54. The van der Waals surface area contributed by atoms with Crippen molar-refractivity contribution >= 4 is 11.7 Å². The molecule has 0 unspecified atom stereocenters. The van der Waals surface area contributed by atoms with E-state index >= 15 is 0 Å². The number of urea groups is 1. The first kappa shape index (κ1) is 13.6. The van der Waals surface area contributed by atoms with Crippen LogP contribution < -0.4 is 10.6 Å². The monoisotopic (exact) mass is 284 g/mol. The highest BCUT2D eigenvalue weighted by atomic mass is 19.1. The Balaban J connectivity index is 1.68. The lowest BCUT2D eigenvalue weighted by molar-refractivity contribution is 0.247. The molecule has 1 aliphatic rings. The predicted octanol–water partition coefficient (Wildman–Crippen LogP) is 3.94. The molecule has 0 spiro atoms. The molecule has 1 saturated carbocycles. The summed E-state index contributed by atoms with van der Waals surface area (Å²) in [6, 6.07) is 13.7. The van der Waals surface area contributed by atoms with Gasteiger partial charge in [-0.1, -0.05) is 35.9 Å². The van der Waals surface area contributed by atoms with Crippen LogP contribution in [0.25, 0.3) is 0 Å². The van der Waals surface area contributed by atoms with E-state index in [9.17, 15) is 9.18 Å². The zero-order valence-corrected chi connectivity index (χ0v) is 11.8. The highest BCUT2D eigenvalue weighted by Gasteiger charge is 2.45. The summed E-state index contributed by atoms with van der Waals surface area (Å²) >= 11 is 0. The molecule has 2 aromatic rings. The van der Waals surface area contributed by atoms with Gasteiger partial charge in [0, 0.05) is 5.69 Å². The molecule has 0 bridgehead atoms. The van der Waals surface area contributed by atoms with E-state index < -0.39 is 0 Å². The van der Waals surface area contributed by atoms with E-state index in [1.807, 2.05) is 31.2 Å². The standard InChI is InChI=1S/C17H17FN2O/c1-12-5-7-13(8-6-12)17(9-10-17)20-16(21)19-15-4-2-3-14(18)11-15/h2-8,11H,9-10H2,1H3,(H2,19,20,21). The van der Waals surface area contributed by atoms with Gasteiger partial charge >= 0.3 is 6.03 Å². The lowest BCUT2D eigenvalue weighted by atomic mass is 10.0. The van der Waals surface area contributed by atoms with Crippen LogP contribution in [-0.4, -0.2) is 6.03 Å². The molecule has 3 rings (SSSR count). The number of carbonyl (C=O) groups is 1. The van der Waals surface area contributed by atoms with E-state index in [0.717, 1.165) is 18.4 Å². The normalized spacial score (nSPS) is 15.3. The lowest BCUT2D eigenvalue weighted by Gasteiger charge is -2.18. The van der Waals surface area contributed by atoms with Crippen molar-refractivity contribution in [1.29, 1.82) is 0 Å². The molecule has 108 valence electrons. The topological polar surface area (TPSA) is 41.1 Å². The Hall–Kier alpha value is -2.36. The fourth-order valence-corrected chi connectivity index (χ4v) is 2.43. The highest BCUT2D eigenvalue weighted by Crippen LogP contribution is 2.45. The maximum absolute atomic E-state index is 13.1. The van der Waals surface area contributed by atoms with Gasteiger partial charge in [0.05, 0.1) is 5.54 Å². The van der Waals surface area contributed by atoms with Crippen molar-refractivity contribution in [1.82, 2.24) is 5.32 Å². The molecular formula is C17H17FN2O. The summed E-state index contributed by atoms with van der Waals surface area (Å²) in [6.45, 7) is 2.04. The lowest BCUT2D eigenvalue weighted by Crippen LogP contribution is -2.38. The number of amides is 2. The maximum Gasteiger partial charge on any atom is 0.319 e. The predicted molar refractivity (Wildman–Crippen MR) is 80.6 cm³/mol. The van der Waals surface area contributed by atoms with E-state index in [-0.39, 0.29) is 17.4 Å². The third-order valence-corrected chi connectivity index (χ3v) is 3.79. The fraction of sp³-hybridized carbons (Fsp3) is 0.235. The van der Waals surface area contributed by atoms with Gasteiger partial charge in [0.2, 0.25) is 0 Å². The molecule has 0 saturated heterocycles. The Morgan fingerprint density at radius 3 is 2.48 bits per heavy atom. The van der Waals surface area contributed by atoms with Crippen LogP contribution in [0.4, 0.5) is 14.9 Å². The molecular weight excluding hydrogens is 267 g/mol. The van der Waals surface area contributed by atoms with Crippen molar-refractivity contribution in [2.24, 2.45) is 0 Å². The molecule has 0 aliphatic heterocycles. The Kier molecular flexibility index (Phi) is 3.37. The van der Waals surface area contributed by atoms with E-state index in [2.05, 4.69) is 10.6 Å². The summed E-state index contributed by atoms with van der Waals surface area (Å²) in [7, 11) is 0. The highest BCUT2D eigenvalue weighted by molar-refractivity contribution is 5.90. The second-order valence-electron chi connectivity index (χ2n) is 5.54. The van der Waals surface area contributed by atoms with E-state index in [1.54, 1.807) is 12.1 Å². The van der Waals surface area contributed by atoms with Gasteiger partial charge in [0.25, 0.3) is 0 Å². The Labute approximate surface area is 123 Å². The van der Waals surface area contributed by atoms with Crippen molar-refractivity contribution in [3.63, 3.8) is 0 Å². The number of nitrogens with one attached hydrogen (secondary N) is 2. The van der Waals surface area contributed by atoms with E-state index in [4.69, 9.17) is 0 Å². The maximum atomic E-state index is 13.1. The number of hydrogen-bond acceptors (Lipinski definition) is 1. The zero-order valence-electron chi connectivity index (χ0n) is 11.8. The Morgan fingerprint density at radius 2 is 1.86 bits per heavy atom. The molecule has 2 amide bonds. The van der Waals surface area contributed by atoms with Crippen LogP contribution in [0.15, 0.2) is 48.5 Å². The van der Waals surface area contributed by atoms with Crippen molar-refractivity contribution in [3.8, 4) is 0 Å². The number of rotatable bonds is 3. The van der Waals surface area contributed by atoms with Crippen LogP contribution in [0.2, 0.25) is 0 Å². The van der Waals surface area contributed by atoms with Crippen molar-refractivity contribution in [2.75, 3.05) is 5.32 Å². The SMILES string of the molecule is Cc1ccc(C2(NC(=O)Nc3cccc(F)c3)CC2)cc1.